The predicted octanol–water partition coefficient (Wildman–Crippen LogP) is 3.12. The molecule has 1 unspecified atom stereocenters. The van der Waals surface area contributed by atoms with Crippen LogP contribution in [0, 0.1) is 13.8 Å². The van der Waals surface area contributed by atoms with Crippen molar-refractivity contribution in [1.82, 2.24) is 5.32 Å². The number of hydrogen-bond donors (Lipinski definition) is 3. The van der Waals surface area contributed by atoms with Gasteiger partial charge in [0.1, 0.15) is 17.4 Å². The molecule has 0 saturated heterocycles. The smallest absolute Gasteiger partial charge is 0.340 e. The number of amides is 1. The van der Waals surface area contributed by atoms with Crippen molar-refractivity contribution in [2.45, 2.75) is 32.7 Å². The number of carboxylic acid groups (broad SMARTS) is 1. The van der Waals surface area contributed by atoms with Crippen molar-refractivity contribution in [3.8, 4) is 5.75 Å². The van der Waals surface area contributed by atoms with Gasteiger partial charge in [0, 0.05) is 22.4 Å². The summed E-state index contributed by atoms with van der Waals surface area (Å²) in [6.07, 6.45) is -0.254. The second kappa shape index (κ2) is 8.59. The minimum atomic E-state index is -1.19. The zero-order valence-corrected chi connectivity index (χ0v) is 17.1. The van der Waals surface area contributed by atoms with Crippen molar-refractivity contribution in [1.29, 1.82) is 0 Å². The van der Waals surface area contributed by atoms with E-state index in [1.54, 1.807) is 44.2 Å². The van der Waals surface area contributed by atoms with E-state index in [1.165, 1.54) is 6.07 Å². The fraction of sp³-hybridized carbons (Fsp3) is 0.227. The number of phenolic OH excluding ortho intramolecular Hbond substituents is 1. The van der Waals surface area contributed by atoms with Crippen LogP contribution in [0.2, 0.25) is 5.02 Å². The molecule has 7 nitrogen and oxygen atoms in total. The number of phenols is 1. The Kier molecular flexibility index (Phi) is 6.12. The van der Waals surface area contributed by atoms with E-state index in [-0.39, 0.29) is 29.7 Å². The Labute approximate surface area is 176 Å². The Morgan fingerprint density at radius 2 is 1.77 bits per heavy atom. The van der Waals surface area contributed by atoms with Gasteiger partial charge in [-0.15, -0.1) is 0 Å². The SMILES string of the molecule is Cc1c(CC(=O)NC(Cc2ccc(Cl)cc2)C(=O)O)c(=O)oc2c(C)c(O)ccc12. The number of aryl methyl sites for hydroxylation is 2. The number of benzene rings is 2. The van der Waals surface area contributed by atoms with Crippen LogP contribution < -0.4 is 10.9 Å². The van der Waals surface area contributed by atoms with Gasteiger partial charge in [0.15, 0.2) is 0 Å². The number of nitrogens with one attached hydrogen (secondary N) is 1. The van der Waals surface area contributed by atoms with Gasteiger partial charge < -0.3 is 19.9 Å². The average molecular weight is 430 g/mol. The van der Waals surface area contributed by atoms with E-state index in [0.717, 1.165) is 0 Å². The third-order valence-corrected chi connectivity index (χ3v) is 5.25. The molecule has 8 heteroatoms. The van der Waals surface area contributed by atoms with Gasteiger partial charge in [-0.25, -0.2) is 9.59 Å². The maximum Gasteiger partial charge on any atom is 0.340 e. The highest BCUT2D eigenvalue weighted by molar-refractivity contribution is 6.30. The van der Waals surface area contributed by atoms with Gasteiger partial charge in [-0.3, -0.25) is 4.79 Å². The molecule has 0 radical (unpaired) electrons. The molecule has 3 rings (SSSR count). The molecule has 0 spiro atoms. The summed E-state index contributed by atoms with van der Waals surface area (Å²) in [6, 6.07) is 8.58. The first-order chi connectivity index (χ1) is 14.2. The highest BCUT2D eigenvalue weighted by Gasteiger charge is 2.23. The van der Waals surface area contributed by atoms with Crippen LogP contribution in [0.25, 0.3) is 11.0 Å². The molecule has 0 saturated carbocycles. The molecule has 1 aromatic heterocycles. The van der Waals surface area contributed by atoms with Crippen molar-refractivity contribution in [3.63, 3.8) is 0 Å². The van der Waals surface area contributed by atoms with E-state index in [1.807, 2.05) is 0 Å². The van der Waals surface area contributed by atoms with Crippen LogP contribution in [-0.2, 0) is 22.4 Å². The average Bonchev–Trinajstić information content (AvgIpc) is 2.69. The monoisotopic (exact) mass is 429 g/mol. The molecule has 1 heterocycles. The second-order valence-electron chi connectivity index (χ2n) is 7.05. The van der Waals surface area contributed by atoms with Gasteiger partial charge in [0.2, 0.25) is 5.91 Å². The van der Waals surface area contributed by atoms with E-state index in [9.17, 15) is 24.6 Å². The van der Waals surface area contributed by atoms with Crippen molar-refractivity contribution < 1.29 is 24.2 Å². The minimum absolute atomic E-state index is 0.00189. The molecule has 0 aliphatic heterocycles. The lowest BCUT2D eigenvalue weighted by Gasteiger charge is -2.15. The molecule has 156 valence electrons. The zero-order chi connectivity index (χ0) is 22.0. The topological polar surface area (TPSA) is 117 Å². The lowest BCUT2D eigenvalue weighted by Crippen LogP contribution is -2.43. The van der Waals surface area contributed by atoms with Crippen LogP contribution in [0.15, 0.2) is 45.6 Å². The summed E-state index contributed by atoms with van der Waals surface area (Å²) in [5.74, 6) is -1.80. The number of hydrogen-bond acceptors (Lipinski definition) is 5. The fourth-order valence-electron chi connectivity index (χ4n) is 3.24. The number of carbonyl (C=O) groups excluding carboxylic acids is 1. The molecular weight excluding hydrogens is 410 g/mol. The minimum Gasteiger partial charge on any atom is -0.508 e. The van der Waals surface area contributed by atoms with Crippen LogP contribution >= 0.6 is 11.6 Å². The summed E-state index contributed by atoms with van der Waals surface area (Å²) in [4.78, 5) is 36.5. The largest absolute Gasteiger partial charge is 0.508 e. The third-order valence-electron chi connectivity index (χ3n) is 5.00. The number of carbonyl (C=O) groups is 2. The van der Waals surface area contributed by atoms with Crippen molar-refractivity contribution in [2.75, 3.05) is 0 Å². The van der Waals surface area contributed by atoms with Crippen LogP contribution in [0.1, 0.15) is 22.3 Å². The molecule has 0 aliphatic carbocycles. The highest BCUT2D eigenvalue weighted by Crippen LogP contribution is 2.28. The van der Waals surface area contributed by atoms with Crippen molar-refractivity contribution >= 4 is 34.4 Å². The summed E-state index contributed by atoms with van der Waals surface area (Å²) in [5, 5.41) is 22.9. The second-order valence-corrected chi connectivity index (χ2v) is 7.48. The van der Waals surface area contributed by atoms with Crippen LogP contribution in [0.5, 0.6) is 5.75 Å². The molecule has 0 bridgehead atoms. The number of aromatic hydroxyl groups is 1. The maximum atomic E-state index is 12.5. The standard InChI is InChI=1S/C22H20ClNO6/c1-11-15-7-8-18(25)12(2)20(15)30-22(29)16(11)10-19(26)24-17(21(27)28)9-13-3-5-14(23)6-4-13/h3-8,17,25H,9-10H2,1-2H3,(H,24,26)(H,27,28). The fourth-order valence-corrected chi connectivity index (χ4v) is 3.37. The molecule has 0 aliphatic rings. The summed E-state index contributed by atoms with van der Waals surface area (Å²) in [7, 11) is 0. The van der Waals surface area contributed by atoms with E-state index >= 15 is 0 Å². The first kappa shape index (κ1) is 21.4. The number of aliphatic carboxylic acids is 1. The van der Waals surface area contributed by atoms with Crippen LogP contribution in [0.4, 0.5) is 0 Å². The Morgan fingerprint density at radius 1 is 1.10 bits per heavy atom. The Balaban J connectivity index is 1.83. The number of halogens is 1. The molecule has 1 amide bonds. The van der Waals surface area contributed by atoms with Gasteiger partial charge in [0.25, 0.3) is 0 Å². The lowest BCUT2D eigenvalue weighted by atomic mass is 10.0. The van der Waals surface area contributed by atoms with Crippen molar-refractivity contribution in [2.24, 2.45) is 0 Å². The normalized spacial score (nSPS) is 12.0. The number of carboxylic acids is 1. The summed E-state index contributed by atoms with van der Waals surface area (Å²) in [5.41, 5.74) is 1.37. The van der Waals surface area contributed by atoms with Gasteiger partial charge in [-0.2, -0.15) is 0 Å². The Bertz CT molecular complexity index is 1180. The van der Waals surface area contributed by atoms with E-state index in [0.29, 0.717) is 27.1 Å². The zero-order valence-electron chi connectivity index (χ0n) is 16.4. The molecule has 0 fully saturated rings. The maximum absolute atomic E-state index is 12.5. The summed E-state index contributed by atoms with van der Waals surface area (Å²) in [6.45, 7) is 3.31. The summed E-state index contributed by atoms with van der Waals surface area (Å²) < 4.78 is 5.32. The van der Waals surface area contributed by atoms with Gasteiger partial charge in [-0.1, -0.05) is 23.7 Å². The van der Waals surface area contributed by atoms with Crippen LogP contribution in [0.3, 0.4) is 0 Å². The first-order valence-electron chi connectivity index (χ1n) is 9.19. The number of fused-ring (bicyclic) bond motifs is 1. The van der Waals surface area contributed by atoms with Crippen LogP contribution in [-0.4, -0.2) is 28.1 Å². The molecule has 3 aromatic rings. The molecular formula is C22H20ClNO6. The third kappa shape index (κ3) is 4.46. The van der Waals surface area contributed by atoms with E-state index in [4.69, 9.17) is 16.0 Å². The molecule has 3 N–H and O–H groups in total. The Hall–Kier alpha value is -3.32. The Morgan fingerprint density at radius 3 is 2.40 bits per heavy atom. The van der Waals surface area contributed by atoms with Gasteiger partial charge in [0.05, 0.1) is 12.0 Å². The highest BCUT2D eigenvalue weighted by atomic mass is 35.5. The number of rotatable bonds is 6. The predicted molar refractivity (Wildman–Crippen MR) is 112 cm³/mol. The van der Waals surface area contributed by atoms with Gasteiger partial charge in [-0.05, 0) is 49.2 Å². The molecule has 30 heavy (non-hydrogen) atoms. The first-order valence-corrected chi connectivity index (χ1v) is 9.56. The van der Waals surface area contributed by atoms with Crippen molar-refractivity contribution in [3.05, 3.63) is 74.1 Å². The van der Waals surface area contributed by atoms with E-state index in [2.05, 4.69) is 5.32 Å². The lowest BCUT2D eigenvalue weighted by molar-refractivity contribution is -0.141. The molecule has 2 aromatic carbocycles. The molecule has 1 atom stereocenters. The van der Waals surface area contributed by atoms with E-state index < -0.39 is 23.5 Å². The summed E-state index contributed by atoms with van der Waals surface area (Å²) >= 11 is 5.84. The van der Waals surface area contributed by atoms with Gasteiger partial charge >= 0.3 is 11.6 Å². The quantitative estimate of drug-likeness (QED) is 0.518.